The van der Waals surface area contributed by atoms with Crippen molar-refractivity contribution >= 4 is 15.9 Å². The standard InChI is InChI=1S/C17H23BrN2O/c1-5-14-17(18)15(20(6-2)19-14)10-16(21)13-8-7-11(3)12(4)9-13/h7-9,16,21H,5-6,10H2,1-4H3. The van der Waals surface area contributed by atoms with Crippen molar-refractivity contribution in [1.29, 1.82) is 0 Å². The normalized spacial score (nSPS) is 12.7. The van der Waals surface area contributed by atoms with E-state index >= 15 is 0 Å². The fourth-order valence-electron chi connectivity index (χ4n) is 2.49. The van der Waals surface area contributed by atoms with E-state index in [0.717, 1.165) is 34.4 Å². The van der Waals surface area contributed by atoms with Crippen molar-refractivity contribution in [1.82, 2.24) is 9.78 Å². The number of hydrogen-bond acceptors (Lipinski definition) is 2. The van der Waals surface area contributed by atoms with E-state index in [2.05, 4.69) is 60.9 Å². The summed E-state index contributed by atoms with van der Waals surface area (Å²) in [5.74, 6) is 0. The number of rotatable bonds is 5. The molecule has 2 aromatic rings. The van der Waals surface area contributed by atoms with Gasteiger partial charge in [0.05, 0.1) is 22.0 Å². The Morgan fingerprint density at radius 1 is 1.24 bits per heavy atom. The van der Waals surface area contributed by atoms with Crippen molar-refractivity contribution < 1.29 is 5.11 Å². The molecule has 0 aliphatic rings. The summed E-state index contributed by atoms with van der Waals surface area (Å²) in [4.78, 5) is 0. The summed E-state index contributed by atoms with van der Waals surface area (Å²) in [5.41, 5.74) is 5.55. The molecule has 0 spiro atoms. The first kappa shape index (κ1) is 16.2. The van der Waals surface area contributed by atoms with E-state index in [1.54, 1.807) is 0 Å². The van der Waals surface area contributed by atoms with Gasteiger partial charge in [-0.05, 0) is 59.8 Å². The molecule has 0 aliphatic heterocycles. The molecule has 114 valence electrons. The summed E-state index contributed by atoms with van der Waals surface area (Å²) in [5, 5.41) is 15.1. The third-order valence-corrected chi connectivity index (χ3v) is 4.91. The summed E-state index contributed by atoms with van der Waals surface area (Å²) in [6.45, 7) is 9.14. The maximum absolute atomic E-state index is 10.6. The molecule has 1 heterocycles. The molecule has 0 radical (unpaired) electrons. The number of aliphatic hydroxyl groups excluding tert-OH is 1. The van der Waals surface area contributed by atoms with E-state index in [1.807, 2.05) is 10.7 Å². The van der Waals surface area contributed by atoms with Crippen molar-refractivity contribution in [3.63, 3.8) is 0 Å². The average molecular weight is 351 g/mol. The molecule has 0 amide bonds. The van der Waals surface area contributed by atoms with Crippen LogP contribution in [-0.2, 0) is 19.4 Å². The molecule has 1 atom stereocenters. The highest BCUT2D eigenvalue weighted by Gasteiger charge is 2.18. The smallest absolute Gasteiger partial charge is 0.0845 e. The Morgan fingerprint density at radius 2 is 1.95 bits per heavy atom. The first-order chi connectivity index (χ1) is 9.97. The highest BCUT2D eigenvalue weighted by atomic mass is 79.9. The van der Waals surface area contributed by atoms with E-state index in [0.29, 0.717) is 6.42 Å². The molecule has 3 nitrogen and oxygen atoms in total. The predicted octanol–water partition coefficient (Wildman–Crippen LogP) is 4.12. The monoisotopic (exact) mass is 350 g/mol. The van der Waals surface area contributed by atoms with Crippen LogP contribution in [0.2, 0.25) is 0 Å². The molecule has 0 aliphatic carbocycles. The third kappa shape index (κ3) is 3.38. The van der Waals surface area contributed by atoms with Gasteiger partial charge in [-0.3, -0.25) is 4.68 Å². The Labute approximate surface area is 135 Å². The fraction of sp³-hybridized carbons (Fsp3) is 0.471. The summed E-state index contributed by atoms with van der Waals surface area (Å²) in [6.07, 6.45) is 0.955. The van der Waals surface area contributed by atoms with E-state index in [-0.39, 0.29) is 0 Å². The minimum absolute atomic E-state index is 0.507. The minimum Gasteiger partial charge on any atom is -0.388 e. The third-order valence-electron chi connectivity index (χ3n) is 4.00. The van der Waals surface area contributed by atoms with Gasteiger partial charge in [0.15, 0.2) is 0 Å². The number of aromatic nitrogens is 2. The lowest BCUT2D eigenvalue weighted by Gasteiger charge is -2.14. The Kier molecular flexibility index (Phi) is 5.22. The Hall–Kier alpha value is -1.13. The van der Waals surface area contributed by atoms with E-state index in [1.165, 1.54) is 11.1 Å². The fourth-order valence-corrected chi connectivity index (χ4v) is 3.21. The predicted molar refractivity (Wildman–Crippen MR) is 89.6 cm³/mol. The maximum atomic E-state index is 10.6. The Morgan fingerprint density at radius 3 is 2.52 bits per heavy atom. The number of hydrogen-bond donors (Lipinski definition) is 1. The summed E-state index contributed by atoms with van der Waals surface area (Å²) in [7, 11) is 0. The van der Waals surface area contributed by atoms with Crippen molar-refractivity contribution in [2.75, 3.05) is 0 Å². The van der Waals surface area contributed by atoms with Gasteiger partial charge in [0.1, 0.15) is 0 Å². The van der Waals surface area contributed by atoms with Crippen LogP contribution in [-0.4, -0.2) is 14.9 Å². The summed E-state index contributed by atoms with van der Waals surface area (Å²) >= 11 is 3.64. The quantitative estimate of drug-likeness (QED) is 0.880. The van der Waals surface area contributed by atoms with E-state index in [9.17, 15) is 5.11 Å². The highest BCUT2D eigenvalue weighted by molar-refractivity contribution is 9.10. The Bertz CT molecular complexity index is 634. The molecular formula is C17H23BrN2O. The molecule has 1 aromatic heterocycles. The minimum atomic E-state index is -0.507. The second-order valence-electron chi connectivity index (χ2n) is 5.44. The SMILES string of the molecule is CCc1nn(CC)c(CC(O)c2ccc(C)c(C)c2)c1Br. The van der Waals surface area contributed by atoms with Crippen LogP contribution in [0.25, 0.3) is 0 Å². The van der Waals surface area contributed by atoms with Gasteiger partial charge in [0.2, 0.25) is 0 Å². The van der Waals surface area contributed by atoms with Gasteiger partial charge in [0, 0.05) is 13.0 Å². The molecule has 1 unspecified atom stereocenters. The first-order valence-electron chi connectivity index (χ1n) is 7.47. The van der Waals surface area contributed by atoms with Gasteiger partial charge in [0.25, 0.3) is 0 Å². The average Bonchev–Trinajstić information content (AvgIpc) is 2.78. The van der Waals surface area contributed by atoms with Gasteiger partial charge >= 0.3 is 0 Å². The van der Waals surface area contributed by atoms with Crippen LogP contribution in [0.5, 0.6) is 0 Å². The zero-order chi connectivity index (χ0) is 15.6. The van der Waals surface area contributed by atoms with Crippen LogP contribution >= 0.6 is 15.9 Å². The van der Waals surface area contributed by atoms with E-state index in [4.69, 9.17) is 0 Å². The molecule has 0 saturated carbocycles. The van der Waals surface area contributed by atoms with Gasteiger partial charge in [-0.25, -0.2) is 0 Å². The number of aliphatic hydroxyl groups is 1. The van der Waals surface area contributed by atoms with Crippen molar-refractivity contribution in [3.8, 4) is 0 Å². The molecular weight excluding hydrogens is 328 g/mol. The Balaban J connectivity index is 2.28. The lowest BCUT2D eigenvalue weighted by atomic mass is 10.00. The van der Waals surface area contributed by atoms with E-state index < -0.39 is 6.10 Å². The number of nitrogens with zero attached hydrogens (tertiary/aromatic N) is 2. The van der Waals surface area contributed by atoms with Gasteiger partial charge in [-0.2, -0.15) is 5.10 Å². The highest BCUT2D eigenvalue weighted by Crippen LogP contribution is 2.28. The second-order valence-corrected chi connectivity index (χ2v) is 6.23. The molecule has 0 saturated heterocycles. The van der Waals surface area contributed by atoms with Crippen molar-refractivity contribution in [3.05, 3.63) is 50.8 Å². The van der Waals surface area contributed by atoms with Gasteiger partial charge < -0.3 is 5.11 Å². The number of benzene rings is 1. The molecule has 21 heavy (non-hydrogen) atoms. The van der Waals surface area contributed by atoms with Crippen LogP contribution in [0, 0.1) is 13.8 Å². The molecule has 1 aromatic carbocycles. The van der Waals surface area contributed by atoms with Gasteiger partial charge in [-0.1, -0.05) is 25.1 Å². The van der Waals surface area contributed by atoms with Crippen LogP contribution in [0.4, 0.5) is 0 Å². The zero-order valence-electron chi connectivity index (χ0n) is 13.2. The van der Waals surface area contributed by atoms with Crippen molar-refractivity contribution in [2.45, 2.75) is 53.2 Å². The first-order valence-corrected chi connectivity index (χ1v) is 8.26. The van der Waals surface area contributed by atoms with Crippen molar-refractivity contribution in [2.24, 2.45) is 0 Å². The summed E-state index contributed by atoms with van der Waals surface area (Å²) < 4.78 is 3.02. The summed E-state index contributed by atoms with van der Waals surface area (Å²) in [6, 6.07) is 6.15. The second kappa shape index (κ2) is 6.75. The zero-order valence-corrected chi connectivity index (χ0v) is 14.7. The van der Waals surface area contributed by atoms with Crippen LogP contribution in [0.15, 0.2) is 22.7 Å². The molecule has 0 bridgehead atoms. The molecule has 2 rings (SSSR count). The maximum Gasteiger partial charge on any atom is 0.0845 e. The topological polar surface area (TPSA) is 38.0 Å². The lowest BCUT2D eigenvalue weighted by Crippen LogP contribution is -2.09. The molecule has 4 heteroatoms. The largest absolute Gasteiger partial charge is 0.388 e. The van der Waals surface area contributed by atoms with Crippen LogP contribution in [0.1, 0.15) is 48.0 Å². The van der Waals surface area contributed by atoms with Crippen LogP contribution in [0.3, 0.4) is 0 Å². The molecule has 1 N–H and O–H groups in total. The molecule has 0 fully saturated rings. The van der Waals surface area contributed by atoms with Crippen LogP contribution < -0.4 is 0 Å². The number of halogens is 1. The number of aryl methyl sites for hydroxylation is 4. The lowest BCUT2D eigenvalue weighted by molar-refractivity contribution is 0.175. The van der Waals surface area contributed by atoms with Gasteiger partial charge in [-0.15, -0.1) is 0 Å².